The fraction of sp³-hybridized carbons (Fsp3) is 0.667. The summed E-state index contributed by atoms with van der Waals surface area (Å²) in [7, 11) is 2.09. The first-order chi connectivity index (χ1) is 9.13. The van der Waals surface area contributed by atoms with Crippen LogP contribution in [0.3, 0.4) is 0 Å². The van der Waals surface area contributed by atoms with Crippen molar-refractivity contribution >= 4 is 0 Å². The lowest BCUT2D eigenvalue weighted by Crippen LogP contribution is -2.27. The van der Waals surface area contributed by atoms with E-state index in [0.717, 1.165) is 12.5 Å². The Hall–Kier alpha value is -0.820. The van der Waals surface area contributed by atoms with Crippen LogP contribution >= 0.6 is 0 Å². The molecule has 1 aliphatic carbocycles. The van der Waals surface area contributed by atoms with E-state index in [0.29, 0.717) is 5.92 Å². The van der Waals surface area contributed by atoms with Crippen LogP contribution in [0, 0.1) is 26.7 Å². The van der Waals surface area contributed by atoms with Crippen molar-refractivity contribution in [3.8, 4) is 0 Å². The van der Waals surface area contributed by atoms with Crippen LogP contribution in [0.4, 0.5) is 0 Å². The molecule has 0 spiro atoms. The average molecular weight is 259 g/mol. The summed E-state index contributed by atoms with van der Waals surface area (Å²) in [6.45, 7) is 7.91. The summed E-state index contributed by atoms with van der Waals surface area (Å²) in [5.74, 6) is 1.58. The van der Waals surface area contributed by atoms with Crippen molar-refractivity contribution in [2.45, 2.75) is 58.8 Å². The molecule has 1 saturated carbocycles. The van der Waals surface area contributed by atoms with Gasteiger partial charge in [0.15, 0.2) is 0 Å². The Morgan fingerprint density at radius 3 is 2.16 bits per heavy atom. The van der Waals surface area contributed by atoms with E-state index in [1.807, 2.05) is 0 Å². The van der Waals surface area contributed by atoms with E-state index < -0.39 is 0 Å². The van der Waals surface area contributed by atoms with Gasteiger partial charge in [0, 0.05) is 6.54 Å². The molecule has 0 heterocycles. The maximum absolute atomic E-state index is 3.43. The third-order valence-corrected chi connectivity index (χ3v) is 4.75. The van der Waals surface area contributed by atoms with Crippen molar-refractivity contribution in [2.75, 3.05) is 13.6 Å². The van der Waals surface area contributed by atoms with E-state index in [1.54, 1.807) is 5.56 Å². The lowest BCUT2D eigenvalue weighted by molar-refractivity contribution is 0.299. The van der Waals surface area contributed by atoms with Gasteiger partial charge in [-0.2, -0.15) is 0 Å². The first kappa shape index (κ1) is 14.6. The molecule has 0 radical (unpaired) electrons. The Bertz CT molecular complexity index is 393. The summed E-state index contributed by atoms with van der Waals surface area (Å²) in [4.78, 5) is 0. The number of aryl methyl sites for hydroxylation is 3. The molecule has 106 valence electrons. The molecule has 1 unspecified atom stereocenters. The predicted octanol–water partition coefficient (Wildman–Crippen LogP) is 4.50. The highest BCUT2D eigenvalue weighted by Crippen LogP contribution is 2.38. The van der Waals surface area contributed by atoms with Gasteiger partial charge in [-0.05, 0) is 69.2 Å². The molecule has 0 amide bonds. The van der Waals surface area contributed by atoms with Crippen molar-refractivity contribution in [3.05, 3.63) is 34.4 Å². The second kappa shape index (κ2) is 6.56. The lowest BCUT2D eigenvalue weighted by atomic mass is 9.74. The smallest absolute Gasteiger partial charge is 0.00200 e. The average Bonchev–Trinajstić information content (AvgIpc) is 2.37. The van der Waals surface area contributed by atoms with Crippen LogP contribution in [0.1, 0.15) is 60.3 Å². The van der Waals surface area contributed by atoms with Crippen molar-refractivity contribution in [1.82, 2.24) is 5.32 Å². The Labute approximate surface area is 118 Å². The van der Waals surface area contributed by atoms with E-state index in [4.69, 9.17) is 0 Å². The molecule has 1 nitrogen and oxygen atoms in total. The maximum atomic E-state index is 3.43. The molecule has 1 N–H and O–H groups in total. The van der Waals surface area contributed by atoms with Gasteiger partial charge in [0.25, 0.3) is 0 Å². The van der Waals surface area contributed by atoms with Crippen LogP contribution in [0.5, 0.6) is 0 Å². The van der Waals surface area contributed by atoms with Gasteiger partial charge < -0.3 is 5.32 Å². The molecule has 0 aliphatic heterocycles. The fourth-order valence-electron chi connectivity index (χ4n) is 4.04. The summed E-state index contributed by atoms with van der Waals surface area (Å²) in [6.07, 6.45) is 7.12. The molecule has 0 aromatic heterocycles. The van der Waals surface area contributed by atoms with E-state index in [1.165, 1.54) is 48.8 Å². The molecule has 1 aliphatic rings. The van der Waals surface area contributed by atoms with E-state index >= 15 is 0 Å². The Kier molecular flexibility index (Phi) is 5.04. The third-order valence-electron chi connectivity index (χ3n) is 4.75. The van der Waals surface area contributed by atoms with Crippen LogP contribution in [0.25, 0.3) is 0 Å². The van der Waals surface area contributed by atoms with Gasteiger partial charge in [0.05, 0.1) is 0 Å². The normalized spacial score (nSPS) is 18.5. The van der Waals surface area contributed by atoms with Crippen molar-refractivity contribution in [3.63, 3.8) is 0 Å². The van der Waals surface area contributed by atoms with Crippen molar-refractivity contribution in [1.29, 1.82) is 0 Å². The first-order valence-corrected chi connectivity index (χ1v) is 7.86. The molecule has 19 heavy (non-hydrogen) atoms. The quantitative estimate of drug-likeness (QED) is 0.839. The molecule has 1 heteroatoms. The predicted molar refractivity (Wildman–Crippen MR) is 83.9 cm³/mol. The van der Waals surface area contributed by atoms with E-state index in [9.17, 15) is 0 Å². The van der Waals surface area contributed by atoms with Crippen LogP contribution in [-0.2, 0) is 0 Å². The maximum Gasteiger partial charge on any atom is 0.00200 e. The minimum Gasteiger partial charge on any atom is -0.319 e. The highest BCUT2D eigenvalue weighted by Gasteiger charge is 2.26. The zero-order chi connectivity index (χ0) is 13.8. The van der Waals surface area contributed by atoms with Crippen LogP contribution in [0.2, 0.25) is 0 Å². The van der Waals surface area contributed by atoms with E-state index in [2.05, 4.69) is 45.3 Å². The van der Waals surface area contributed by atoms with Gasteiger partial charge in [0.1, 0.15) is 0 Å². The molecular weight excluding hydrogens is 230 g/mol. The fourth-order valence-corrected chi connectivity index (χ4v) is 4.04. The van der Waals surface area contributed by atoms with Crippen LogP contribution < -0.4 is 5.32 Å². The highest BCUT2D eigenvalue weighted by atomic mass is 14.8. The van der Waals surface area contributed by atoms with Gasteiger partial charge in [-0.3, -0.25) is 0 Å². The monoisotopic (exact) mass is 259 g/mol. The molecular formula is C18H29N. The van der Waals surface area contributed by atoms with E-state index in [-0.39, 0.29) is 0 Å². The molecule has 0 saturated heterocycles. The molecule has 2 rings (SSSR count). The molecule has 1 aromatic carbocycles. The largest absolute Gasteiger partial charge is 0.319 e. The summed E-state index contributed by atoms with van der Waals surface area (Å²) >= 11 is 0. The summed E-state index contributed by atoms with van der Waals surface area (Å²) in [6, 6.07) is 4.71. The molecule has 1 atom stereocenters. The van der Waals surface area contributed by atoms with Crippen molar-refractivity contribution < 1.29 is 0 Å². The van der Waals surface area contributed by atoms with Crippen LogP contribution in [0.15, 0.2) is 12.1 Å². The number of likely N-dealkylation sites (N-methyl/N-ethyl adjacent to an activating group) is 1. The van der Waals surface area contributed by atoms with Gasteiger partial charge >= 0.3 is 0 Å². The number of hydrogen-bond donors (Lipinski definition) is 1. The molecule has 1 fully saturated rings. The Balaban J connectivity index is 2.32. The van der Waals surface area contributed by atoms with Gasteiger partial charge in [-0.15, -0.1) is 0 Å². The minimum absolute atomic E-state index is 0.700. The second-order valence-electron chi connectivity index (χ2n) is 6.37. The summed E-state index contributed by atoms with van der Waals surface area (Å²) in [5, 5.41) is 3.43. The topological polar surface area (TPSA) is 12.0 Å². The Morgan fingerprint density at radius 2 is 1.63 bits per heavy atom. The number of hydrogen-bond acceptors (Lipinski definition) is 1. The molecule has 1 aromatic rings. The van der Waals surface area contributed by atoms with Gasteiger partial charge in [-0.1, -0.05) is 37.0 Å². The minimum atomic E-state index is 0.700. The first-order valence-electron chi connectivity index (χ1n) is 7.86. The lowest BCUT2D eigenvalue weighted by Gasteiger charge is -2.32. The summed E-state index contributed by atoms with van der Waals surface area (Å²) < 4.78 is 0. The summed E-state index contributed by atoms with van der Waals surface area (Å²) in [5.41, 5.74) is 5.99. The Morgan fingerprint density at radius 1 is 1.05 bits per heavy atom. The molecule has 0 bridgehead atoms. The zero-order valence-electron chi connectivity index (χ0n) is 13.1. The second-order valence-corrected chi connectivity index (χ2v) is 6.37. The highest BCUT2D eigenvalue weighted by molar-refractivity contribution is 5.40. The standard InChI is InChI=1S/C18H29N/c1-13-10-14(2)18(15(3)11-13)17(12-19-4)16-8-6-5-7-9-16/h10-11,16-17,19H,5-9,12H2,1-4H3. The van der Waals surface area contributed by atoms with Gasteiger partial charge in [0.2, 0.25) is 0 Å². The van der Waals surface area contributed by atoms with Gasteiger partial charge in [-0.25, -0.2) is 0 Å². The zero-order valence-corrected chi connectivity index (χ0v) is 13.1. The van der Waals surface area contributed by atoms with Crippen LogP contribution in [-0.4, -0.2) is 13.6 Å². The number of rotatable bonds is 4. The van der Waals surface area contributed by atoms with Crippen molar-refractivity contribution in [2.24, 2.45) is 5.92 Å². The third kappa shape index (κ3) is 3.39. The number of benzene rings is 1. The SMILES string of the molecule is CNCC(c1c(C)cc(C)cc1C)C1CCCCC1. The number of nitrogens with one attached hydrogen (secondary N) is 1.